The summed E-state index contributed by atoms with van der Waals surface area (Å²) < 4.78 is 5.81. The van der Waals surface area contributed by atoms with Crippen LogP contribution in [0.2, 0.25) is 0 Å². The molecule has 1 heterocycles. The molecule has 3 heteroatoms. The number of pyridine rings is 1. The summed E-state index contributed by atoms with van der Waals surface area (Å²) in [6.45, 7) is 6.26. The average Bonchev–Trinajstić information content (AvgIpc) is 2.39. The van der Waals surface area contributed by atoms with Crippen LogP contribution in [-0.2, 0) is 0 Å². The Kier molecular flexibility index (Phi) is 4.17. The highest BCUT2D eigenvalue weighted by Gasteiger charge is 2.09. The van der Waals surface area contributed by atoms with E-state index in [-0.39, 0.29) is 6.04 Å². The molecule has 0 saturated heterocycles. The standard InChI is InChI=1S/C16H20N2O/c1-11(2)13-6-8-14(9-7-13)19-16-15(12(3)17)5-4-10-18-16/h4-12H,17H2,1-3H3/t12-/m1/s1. The summed E-state index contributed by atoms with van der Waals surface area (Å²) in [5.41, 5.74) is 8.12. The second-order valence-corrected chi connectivity index (χ2v) is 5.01. The third-order valence-electron chi connectivity index (χ3n) is 3.05. The highest BCUT2D eigenvalue weighted by Crippen LogP contribution is 2.27. The predicted octanol–water partition coefficient (Wildman–Crippen LogP) is 4.02. The summed E-state index contributed by atoms with van der Waals surface area (Å²) in [6.07, 6.45) is 1.71. The lowest BCUT2D eigenvalue weighted by Gasteiger charge is -2.13. The Hall–Kier alpha value is -1.87. The Morgan fingerprint density at radius 3 is 2.32 bits per heavy atom. The maximum Gasteiger partial charge on any atom is 0.223 e. The van der Waals surface area contributed by atoms with E-state index in [9.17, 15) is 0 Å². The molecular formula is C16H20N2O. The van der Waals surface area contributed by atoms with Crippen molar-refractivity contribution in [2.45, 2.75) is 32.7 Å². The molecule has 0 bridgehead atoms. The molecule has 2 rings (SSSR count). The van der Waals surface area contributed by atoms with Crippen LogP contribution < -0.4 is 10.5 Å². The Bertz CT molecular complexity index is 533. The summed E-state index contributed by atoms with van der Waals surface area (Å²) in [5.74, 6) is 1.88. The van der Waals surface area contributed by atoms with Crippen LogP contribution >= 0.6 is 0 Å². The van der Waals surface area contributed by atoms with Crippen molar-refractivity contribution in [3.63, 3.8) is 0 Å². The van der Waals surface area contributed by atoms with Gasteiger partial charge in [-0.2, -0.15) is 0 Å². The van der Waals surface area contributed by atoms with Crippen molar-refractivity contribution in [1.82, 2.24) is 4.98 Å². The second kappa shape index (κ2) is 5.85. The van der Waals surface area contributed by atoms with Crippen LogP contribution in [-0.4, -0.2) is 4.98 Å². The number of hydrogen-bond donors (Lipinski definition) is 1. The lowest BCUT2D eigenvalue weighted by Crippen LogP contribution is -2.07. The summed E-state index contributed by atoms with van der Waals surface area (Å²) in [7, 11) is 0. The van der Waals surface area contributed by atoms with Crippen LogP contribution in [0.4, 0.5) is 0 Å². The number of hydrogen-bond acceptors (Lipinski definition) is 3. The van der Waals surface area contributed by atoms with Crippen LogP contribution in [0.25, 0.3) is 0 Å². The summed E-state index contributed by atoms with van der Waals surface area (Å²) in [5, 5.41) is 0. The topological polar surface area (TPSA) is 48.1 Å². The number of nitrogens with two attached hydrogens (primary N) is 1. The predicted molar refractivity (Wildman–Crippen MR) is 77.4 cm³/mol. The Morgan fingerprint density at radius 2 is 1.74 bits per heavy atom. The molecule has 0 aliphatic heterocycles. The van der Waals surface area contributed by atoms with E-state index in [0.29, 0.717) is 11.8 Å². The van der Waals surface area contributed by atoms with E-state index in [1.807, 2.05) is 31.2 Å². The van der Waals surface area contributed by atoms with Crippen molar-refractivity contribution in [3.8, 4) is 11.6 Å². The molecule has 19 heavy (non-hydrogen) atoms. The van der Waals surface area contributed by atoms with Crippen molar-refractivity contribution in [2.24, 2.45) is 5.73 Å². The fraction of sp³-hybridized carbons (Fsp3) is 0.312. The van der Waals surface area contributed by atoms with Gasteiger partial charge in [0.05, 0.1) is 0 Å². The first-order valence-electron chi connectivity index (χ1n) is 6.56. The molecule has 0 fully saturated rings. The number of nitrogens with zero attached hydrogens (tertiary/aromatic N) is 1. The van der Waals surface area contributed by atoms with Gasteiger partial charge in [0, 0.05) is 17.8 Å². The van der Waals surface area contributed by atoms with Crippen LogP contribution in [0.3, 0.4) is 0 Å². The van der Waals surface area contributed by atoms with Crippen LogP contribution in [0.15, 0.2) is 42.6 Å². The van der Waals surface area contributed by atoms with Gasteiger partial charge in [-0.05, 0) is 36.6 Å². The third kappa shape index (κ3) is 3.32. The molecule has 1 aromatic heterocycles. The number of aromatic nitrogens is 1. The van der Waals surface area contributed by atoms with Gasteiger partial charge in [0.2, 0.25) is 5.88 Å². The second-order valence-electron chi connectivity index (χ2n) is 5.01. The summed E-state index contributed by atoms with van der Waals surface area (Å²) >= 11 is 0. The molecule has 100 valence electrons. The number of ether oxygens (including phenoxy) is 1. The van der Waals surface area contributed by atoms with E-state index < -0.39 is 0 Å². The fourth-order valence-corrected chi connectivity index (χ4v) is 1.87. The molecule has 0 aliphatic rings. The maximum atomic E-state index is 5.91. The van der Waals surface area contributed by atoms with Gasteiger partial charge >= 0.3 is 0 Å². The SMILES string of the molecule is CC(C)c1ccc(Oc2ncccc2[C@@H](C)N)cc1. The Labute approximate surface area is 114 Å². The van der Waals surface area contributed by atoms with Crippen molar-refractivity contribution in [3.05, 3.63) is 53.7 Å². The van der Waals surface area contributed by atoms with Crippen LogP contribution in [0, 0.1) is 0 Å². The first-order chi connectivity index (χ1) is 9.08. The van der Waals surface area contributed by atoms with Gasteiger partial charge in [-0.1, -0.05) is 32.0 Å². The molecule has 1 atom stereocenters. The van der Waals surface area contributed by atoms with E-state index in [1.54, 1.807) is 6.20 Å². The molecule has 2 N–H and O–H groups in total. The van der Waals surface area contributed by atoms with E-state index in [4.69, 9.17) is 10.5 Å². The zero-order valence-corrected chi connectivity index (χ0v) is 11.6. The molecular weight excluding hydrogens is 236 g/mol. The third-order valence-corrected chi connectivity index (χ3v) is 3.05. The van der Waals surface area contributed by atoms with Gasteiger partial charge in [-0.25, -0.2) is 4.98 Å². The van der Waals surface area contributed by atoms with Crippen molar-refractivity contribution >= 4 is 0 Å². The van der Waals surface area contributed by atoms with Crippen molar-refractivity contribution in [1.29, 1.82) is 0 Å². The van der Waals surface area contributed by atoms with Gasteiger partial charge < -0.3 is 10.5 Å². The van der Waals surface area contributed by atoms with Gasteiger partial charge in [-0.15, -0.1) is 0 Å². The minimum atomic E-state index is -0.0985. The zero-order valence-electron chi connectivity index (χ0n) is 11.6. The van der Waals surface area contributed by atoms with E-state index in [0.717, 1.165) is 11.3 Å². The molecule has 3 nitrogen and oxygen atoms in total. The molecule has 0 aliphatic carbocycles. The molecule has 0 unspecified atom stereocenters. The Balaban J connectivity index is 2.21. The smallest absolute Gasteiger partial charge is 0.223 e. The van der Waals surface area contributed by atoms with Gasteiger partial charge in [-0.3, -0.25) is 0 Å². The molecule has 1 aromatic carbocycles. The molecule has 0 radical (unpaired) electrons. The Morgan fingerprint density at radius 1 is 1.05 bits per heavy atom. The highest BCUT2D eigenvalue weighted by molar-refractivity contribution is 5.35. The fourth-order valence-electron chi connectivity index (χ4n) is 1.87. The largest absolute Gasteiger partial charge is 0.439 e. The minimum absolute atomic E-state index is 0.0985. The maximum absolute atomic E-state index is 5.91. The van der Waals surface area contributed by atoms with Crippen molar-refractivity contribution in [2.75, 3.05) is 0 Å². The number of rotatable bonds is 4. The lowest BCUT2D eigenvalue weighted by molar-refractivity contribution is 0.452. The van der Waals surface area contributed by atoms with Gasteiger partial charge in [0.1, 0.15) is 5.75 Å². The van der Waals surface area contributed by atoms with E-state index in [2.05, 4.69) is 31.0 Å². The van der Waals surface area contributed by atoms with Crippen LogP contribution in [0.5, 0.6) is 11.6 Å². The molecule has 0 amide bonds. The molecule has 0 spiro atoms. The van der Waals surface area contributed by atoms with Crippen molar-refractivity contribution < 1.29 is 4.74 Å². The lowest BCUT2D eigenvalue weighted by atomic mass is 10.0. The highest BCUT2D eigenvalue weighted by atomic mass is 16.5. The quantitative estimate of drug-likeness (QED) is 0.898. The molecule has 0 saturated carbocycles. The van der Waals surface area contributed by atoms with Crippen LogP contribution in [0.1, 0.15) is 43.9 Å². The number of benzene rings is 1. The first kappa shape index (κ1) is 13.6. The average molecular weight is 256 g/mol. The zero-order chi connectivity index (χ0) is 13.8. The first-order valence-corrected chi connectivity index (χ1v) is 6.56. The molecule has 2 aromatic rings. The van der Waals surface area contributed by atoms with E-state index >= 15 is 0 Å². The van der Waals surface area contributed by atoms with E-state index in [1.165, 1.54) is 5.56 Å². The summed E-state index contributed by atoms with van der Waals surface area (Å²) in [6, 6.07) is 11.8. The van der Waals surface area contributed by atoms with Gasteiger partial charge in [0.15, 0.2) is 0 Å². The summed E-state index contributed by atoms with van der Waals surface area (Å²) in [4.78, 5) is 4.25. The monoisotopic (exact) mass is 256 g/mol. The minimum Gasteiger partial charge on any atom is -0.439 e. The normalized spacial score (nSPS) is 12.5. The van der Waals surface area contributed by atoms with Gasteiger partial charge in [0.25, 0.3) is 0 Å².